The fourth-order valence-corrected chi connectivity index (χ4v) is 1.48. The van der Waals surface area contributed by atoms with Crippen molar-refractivity contribution in [1.82, 2.24) is 9.78 Å². The van der Waals surface area contributed by atoms with Gasteiger partial charge in [0.1, 0.15) is 11.6 Å². The molecular formula is C11H14N4. The van der Waals surface area contributed by atoms with Gasteiger partial charge in [-0.05, 0) is 24.6 Å². The Labute approximate surface area is 88.7 Å². The highest BCUT2D eigenvalue weighted by atomic mass is 15.3. The van der Waals surface area contributed by atoms with Crippen molar-refractivity contribution in [2.24, 2.45) is 0 Å². The number of nitrogens with one attached hydrogen (secondary N) is 1. The zero-order valence-corrected chi connectivity index (χ0v) is 8.86. The predicted molar refractivity (Wildman–Crippen MR) is 62.3 cm³/mol. The number of nitrogens with two attached hydrogens (primary N) is 1. The van der Waals surface area contributed by atoms with Gasteiger partial charge in [0.05, 0.1) is 5.69 Å². The summed E-state index contributed by atoms with van der Waals surface area (Å²) in [4.78, 5) is 0. The number of aryl methyl sites for hydroxylation is 1. The second-order valence-electron chi connectivity index (χ2n) is 3.46. The quantitative estimate of drug-likeness (QED) is 0.780. The van der Waals surface area contributed by atoms with Gasteiger partial charge >= 0.3 is 0 Å². The van der Waals surface area contributed by atoms with Gasteiger partial charge in [-0.3, -0.25) is 0 Å². The molecule has 0 bridgehead atoms. The molecule has 0 spiro atoms. The predicted octanol–water partition coefficient (Wildman–Crippen LogP) is 1.80. The highest BCUT2D eigenvalue weighted by molar-refractivity contribution is 5.51. The Morgan fingerprint density at radius 1 is 1.33 bits per heavy atom. The smallest absolute Gasteiger partial charge is 0.150 e. The molecule has 2 aromatic rings. The van der Waals surface area contributed by atoms with Gasteiger partial charge in [-0.25, -0.2) is 4.68 Å². The Hall–Kier alpha value is -1.97. The van der Waals surface area contributed by atoms with E-state index in [-0.39, 0.29) is 0 Å². The minimum atomic E-state index is 0.630. The molecule has 0 aliphatic heterocycles. The third-order valence-electron chi connectivity index (χ3n) is 2.24. The number of rotatable bonds is 2. The summed E-state index contributed by atoms with van der Waals surface area (Å²) in [5.41, 5.74) is 8.03. The van der Waals surface area contributed by atoms with Crippen molar-refractivity contribution < 1.29 is 0 Å². The summed E-state index contributed by atoms with van der Waals surface area (Å²) in [5, 5.41) is 7.28. The van der Waals surface area contributed by atoms with Crippen molar-refractivity contribution >= 4 is 11.6 Å². The first-order valence-electron chi connectivity index (χ1n) is 4.81. The van der Waals surface area contributed by atoms with Crippen LogP contribution >= 0.6 is 0 Å². The highest BCUT2D eigenvalue weighted by Gasteiger charge is 2.05. The third kappa shape index (κ3) is 1.79. The fourth-order valence-electron chi connectivity index (χ4n) is 1.48. The largest absolute Gasteiger partial charge is 0.384 e. The molecule has 0 unspecified atom stereocenters. The van der Waals surface area contributed by atoms with Crippen molar-refractivity contribution in [3.05, 3.63) is 35.9 Å². The standard InChI is InChI=1S/C11H14N4/c1-8-4-3-5-9(6-8)15-10(12)7-11(13-2)14-15/h3-7H,12H2,1-2H3,(H,13,14). The lowest BCUT2D eigenvalue weighted by Gasteiger charge is -2.04. The van der Waals surface area contributed by atoms with Gasteiger partial charge in [0.25, 0.3) is 0 Å². The van der Waals surface area contributed by atoms with E-state index in [9.17, 15) is 0 Å². The normalized spacial score (nSPS) is 10.3. The van der Waals surface area contributed by atoms with Gasteiger partial charge in [-0.2, -0.15) is 0 Å². The highest BCUT2D eigenvalue weighted by Crippen LogP contribution is 2.17. The molecule has 0 aliphatic carbocycles. The lowest BCUT2D eigenvalue weighted by molar-refractivity contribution is 0.892. The van der Waals surface area contributed by atoms with Crippen LogP contribution in [0.1, 0.15) is 5.56 Å². The molecule has 1 aromatic heterocycles. The molecule has 3 N–H and O–H groups in total. The van der Waals surface area contributed by atoms with Crippen LogP contribution in [0, 0.1) is 6.92 Å². The number of aromatic nitrogens is 2. The molecule has 1 aromatic carbocycles. The summed E-state index contributed by atoms with van der Waals surface area (Å²) < 4.78 is 1.72. The Morgan fingerprint density at radius 3 is 2.73 bits per heavy atom. The topological polar surface area (TPSA) is 55.9 Å². The molecule has 4 nitrogen and oxygen atoms in total. The molecule has 0 aliphatic rings. The van der Waals surface area contributed by atoms with Gasteiger partial charge in [0.15, 0.2) is 0 Å². The van der Waals surface area contributed by atoms with E-state index in [1.165, 1.54) is 5.56 Å². The first-order chi connectivity index (χ1) is 7.20. The average molecular weight is 202 g/mol. The van der Waals surface area contributed by atoms with Crippen molar-refractivity contribution in [3.8, 4) is 5.69 Å². The lowest BCUT2D eigenvalue weighted by Crippen LogP contribution is -2.02. The third-order valence-corrected chi connectivity index (χ3v) is 2.24. The van der Waals surface area contributed by atoms with E-state index in [0.29, 0.717) is 5.82 Å². The Balaban J connectivity index is 2.48. The van der Waals surface area contributed by atoms with Crippen molar-refractivity contribution in [2.75, 3.05) is 18.1 Å². The number of nitrogen functional groups attached to an aromatic ring is 1. The average Bonchev–Trinajstić information content (AvgIpc) is 2.60. The van der Waals surface area contributed by atoms with Crippen LogP contribution in [0.4, 0.5) is 11.6 Å². The maximum Gasteiger partial charge on any atom is 0.150 e. The molecule has 0 amide bonds. The van der Waals surface area contributed by atoms with Crippen LogP contribution < -0.4 is 11.1 Å². The van der Waals surface area contributed by atoms with E-state index in [2.05, 4.69) is 10.4 Å². The first kappa shape index (κ1) is 9.58. The second-order valence-corrected chi connectivity index (χ2v) is 3.46. The molecule has 2 rings (SSSR count). The zero-order chi connectivity index (χ0) is 10.8. The maximum absolute atomic E-state index is 5.86. The van der Waals surface area contributed by atoms with Crippen molar-refractivity contribution in [2.45, 2.75) is 6.92 Å². The second kappa shape index (κ2) is 3.65. The molecule has 15 heavy (non-hydrogen) atoms. The summed E-state index contributed by atoms with van der Waals surface area (Å²) >= 11 is 0. The minimum absolute atomic E-state index is 0.630. The summed E-state index contributed by atoms with van der Waals surface area (Å²) in [6.45, 7) is 2.04. The van der Waals surface area contributed by atoms with Crippen molar-refractivity contribution in [3.63, 3.8) is 0 Å². The van der Waals surface area contributed by atoms with E-state index in [1.807, 2.05) is 44.3 Å². The Bertz CT molecular complexity index is 473. The molecule has 1 heterocycles. The van der Waals surface area contributed by atoms with Crippen molar-refractivity contribution in [1.29, 1.82) is 0 Å². The number of hydrogen-bond donors (Lipinski definition) is 2. The first-order valence-corrected chi connectivity index (χ1v) is 4.81. The van der Waals surface area contributed by atoms with Gasteiger partial charge in [0.2, 0.25) is 0 Å². The van der Waals surface area contributed by atoms with Crippen LogP contribution in [0.25, 0.3) is 5.69 Å². The van der Waals surface area contributed by atoms with Crippen LogP contribution in [-0.4, -0.2) is 16.8 Å². The van der Waals surface area contributed by atoms with Crippen LogP contribution in [0.5, 0.6) is 0 Å². The van der Waals surface area contributed by atoms with Gasteiger partial charge in [-0.1, -0.05) is 12.1 Å². The molecule has 0 saturated carbocycles. The van der Waals surface area contributed by atoms with Crippen LogP contribution in [0.2, 0.25) is 0 Å². The molecular weight excluding hydrogens is 188 g/mol. The maximum atomic E-state index is 5.86. The Morgan fingerprint density at radius 2 is 2.13 bits per heavy atom. The number of benzene rings is 1. The van der Waals surface area contributed by atoms with Crippen LogP contribution in [0.15, 0.2) is 30.3 Å². The molecule has 0 radical (unpaired) electrons. The zero-order valence-electron chi connectivity index (χ0n) is 8.86. The van der Waals surface area contributed by atoms with E-state index in [4.69, 9.17) is 5.73 Å². The molecule has 4 heteroatoms. The molecule has 0 fully saturated rings. The van der Waals surface area contributed by atoms with Gasteiger partial charge < -0.3 is 11.1 Å². The number of nitrogens with zero attached hydrogens (tertiary/aromatic N) is 2. The van der Waals surface area contributed by atoms with E-state index in [0.717, 1.165) is 11.5 Å². The van der Waals surface area contributed by atoms with Gasteiger partial charge in [-0.15, -0.1) is 5.10 Å². The van der Waals surface area contributed by atoms with Crippen LogP contribution in [-0.2, 0) is 0 Å². The van der Waals surface area contributed by atoms with E-state index in [1.54, 1.807) is 4.68 Å². The minimum Gasteiger partial charge on any atom is -0.384 e. The van der Waals surface area contributed by atoms with E-state index >= 15 is 0 Å². The summed E-state index contributed by atoms with van der Waals surface area (Å²) in [5.74, 6) is 1.40. The monoisotopic (exact) mass is 202 g/mol. The van der Waals surface area contributed by atoms with E-state index < -0.39 is 0 Å². The summed E-state index contributed by atoms with van der Waals surface area (Å²) in [6.07, 6.45) is 0. The number of hydrogen-bond acceptors (Lipinski definition) is 3. The molecule has 0 saturated heterocycles. The van der Waals surface area contributed by atoms with Crippen LogP contribution in [0.3, 0.4) is 0 Å². The SMILES string of the molecule is CNc1cc(N)n(-c2cccc(C)c2)n1. The van der Waals surface area contributed by atoms with Gasteiger partial charge in [0, 0.05) is 13.1 Å². The fraction of sp³-hybridized carbons (Fsp3) is 0.182. The number of anilines is 2. The molecule has 78 valence electrons. The lowest BCUT2D eigenvalue weighted by atomic mass is 10.2. The Kier molecular flexibility index (Phi) is 2.33. The molecule has 0 atom stereocenters. The summed E-state index contributed by atoms with van der Waals surface area (Å²) in [6, 6.07) is 9.87. The summed E-state index contributed by atoms with van der Waals surface area (Å²) in [7, 11) is 1.82.